The normalized spacial score (nSPS) is 10.9. The standard InChI is InChI=1S/C21H18N2O/c1-2-24-17-11-10-16-13-15-7-3-4-8-18(15)21(19(16)14-17)23-20-9-5-6-12-22-20/h3-14H,2H2,1H3,(H,22,23). The van der Waals surface area contributed by atoms with E-state index in [4.69, 9.17) is 4.74 Å². The Labute approximate surface area is 140 Å². The molecule has 0 radical (unpaired) electrons. The molecule has 0 atom stereocenters. The molecular weight excluding hydrogens is 296 g/mol. The van der Waals surface area contributed by atoms with Crippen molar-refractivity contribution in [2.75, 3.05) is 11.9 Å². The first-order valence-corrected chi connectivity index (χ1v) is 8.11. The van der Waals surface area contributed by atoms with Crippen LogP contribution < -0.4 is 10.1 Å². The first-order valence-electron chi connectivity index (χ1n) is 8.11. The number of hydrogen-bond acceptors (Lipinski definition) is 3. The van der Waals surface area contributed by atoms with Gasteiger partial charge in [-0.25, -0.2) is 4.98 Å². The van der Waals surface area contributed by atoms with Gasteiger partial charge in [-0.1, -0.05) is 36.4 Å². The summed E-state index contributed by atoms with van der Waals surface area (Å²) in [5.41, 5.74) is 1.06. The monoisotopic (exact) mass is 314 g/mol. The van der Waals surface area contributed by atoms with Crippen LogP contribution in [0.3, 0.4) is 0 Å². The van der Waals surface area contributed by atoms with E-state index in [9.17, 15) is 0 Å². The second-order valence-corrected chi connectivity index (χ2v) is 5.63. The molecule has 3 aromatic carbocycles. The topological polar surface area (TPSA) is 34.1 Å². The summed E-state index contributed by atoms with van der Waals surface area (Å²) in [6.45, 7) is 2.65. The highest BCUT2D eigenvalue weighted by Crippen LogP contribution is 2.36. The molecule has 3 nitrogen and oxygen atoms in total. The number of benzene rings is 3. The number of anilines is 2. The number of ether oxygens (including phenoxy) is 1. The average Bonchev–Trinajstić information content (AvgIpc) is 2.63. The second-order valence-electron chi connectivity index (χ2n) is 5.63. The van der Waals surface area contributed by atoms with Gasteiger partial charge in [-0.15, -0.1) is 0 Å². The Balaban J connectivity index is 1.98. The third-order valence-electron chi connectivity index (χ3n) is 4.06. The van der Waals surface area contributed by atoms with Crippen molar-refractivity contribution in [1.82, 2.24) is 4.98 Å². The van der Waals surface area contributed by atoms with E-state index in [0.717, 1.165) is 22.6 Å². The van der Waals surface area contributed by atoms with E-state index in [-0.39, 0.29) is 0 Å². The molecule has 0 amide bonds. The fourth-order valence-electron chi connectivity index (χ4n) is 3.00. The highest BCUT2D eigenvalue weighted by Gasteiger charge is 2.09. The van der Waals surface area contributed by atoms with Crippen LogP contribution in [-0.2, 0) is 0 Å². The van der Waals surface area contributed by atoms with Crippen molar-refractivity contribution in [2.45, 2.75) is 6.92 Å². The number of hydrogen-bond donors (Lipinski definition) is 1. The van der Waals surface area contributed by atoms with Crippen molar-refractivity contribution in [3.63, 3.8) is 0 Å². The third kappa shape index (κ3) is 2.65. The Morgan fingerprint density at radius 3 is 2.54 bits per heavy atom. The van der Waals surface area contributed by atoms with E-state index in [0.29, 0.717) is 6.61 Å². The second kappa shape index (κ2) is 6.20. The van der Waals surface area contributed by atoms with Gasteiger partial charge >= 0.3 is 0 Å². The lowest BCUT2D eigenvalue weighted by atomic mass is 10.0. The molecule has 1 heterocycles. The number of aromatic nitrogens is 1. The molecule has 0 aliphatic rings. The van der Waals surface area contributed by atoms with Gasteiger partial charge in [0, 0.05) is 17.0 Å². The van der Waals surface area contributed by atoms with Crippen LogP contribution in [0.2, 0.25) is 0 Å². The smallest absolute Gasteiger partial charge is 0.130 e. The molecule has 0 aliphatic heterocycles. The first-order chi connectivity index (χ1) is 11.8. The molecule has 0 saturated heterocycles. The van der Waals surface area contributed by atoms with Gasteiger partial charge in [-0.05, 0) is 48.0 Å². The maximum atomic E-state index is 5.69. The predicted molar refractivity (Wildman–Crippen MR) is 100 cm³/mol. The number of rotatable bonds is 4. The summed E-state index contributed by atoms with van der Waals surface area (Å²) >= 11 is 0. The lowest BCUT2D eigenvalue weighted by molar-refractivity contribution is 0.341. The minimum atomic E-state index is 0.655. The van der Waals surface area contributed by atoms with E-state index in [2.05, 4.69) is 52.8 Å². The zero-order chi connectivity index (χ0) is 16.4. The summed E-state index contributed by atoms with van der Waals surface area (Å²) in [6, 6.07) is 22.7. The van der Waals surface area contributed by atoms with E-state index >= 15 is 0 Å². The zero-order valence-corrected chi connectivity index (χ0v) is 13.5. The van der Waals surface area contributed by atoms with Crippen LogP contribution in [0.15, 0.2) is 72.9 Å². The molecular formula is C21H18N2O. The minimum absolute atomic E-state index is 0.655. The summed E-state index contributed by atoms with van der Waals surface area (Å²) in [6.07, 6.45) is 1.79. The van der Waals surface area contributed by atoms with Crippen molar-refractivity contribution in [2.24, 2.45) is 0 Å². The largest absolute Gasteiger partial charge is 0.494 e. The highest BCUT2D eigenvalue weighted by atomic mass is 16.5. The lowest BCUT2D eigenvalue weighted by Crippen LogP contribution is -1.96. The van der Waals surface area contributed by atoms with Gasteiger partial charge in [-0.2, -0.15) is 0 Å². The van der Waals surface area contributed by atoms with E-state index in [1.165, 1.54) is 16.2 Å². The molecule has 0 spiro atoms. The summed E-state index contributed by atoms with van der Waals surface area (Å²) in [7, 11) is 0. The Bertz CT molecular complexity index is 996. The summed E-state index contributed by atoms with van der Waals surface area (Å²) in [4.78, 5) is 4.40. The zero-order valence-electron chi connectivity index (χ0n) is 13.5. The Hall–Kier alpha value is -3.07. The maximum Gasteiger partial charge on any atom is 0.130 e. The van der Waals surface area contributed by atoms with Crippen LogP contribution in [0.25, 0.3) is 21.5 Å². The molecule has 4 aromatic rings. The Morgan fingerprint density at radius 1 is 0.875 bits per heavy atom. The SMILES string of the molecule is CCOc1ccc2cc3ccccc3c(Nc3ccccn3)c2c1. The number of nitrogens with zero attached hydrogens (tertiary/aromatic N) is 1. The quantitative estimate of drug-likeness (QED) is 0.503. The van der Waals surface area contributed by atoms with Crippen LogP contribution >= 0.6 is 0 Å². The molecule has 0 saturated carbocycles. The summed E-state index contributed by atoms with van der Waals surface area (Å²) in [5, 5.41) is 8.17. The molecule has 0 unspecified atom stereocenters. The first kappa shape index (κ1) is 14.5. The van der Waals surface area contributed by atoms with Crippen molar-refractivity contribution < 1.29 is 4.74 Å². The van der Waals surface area contributed by atoms with E-state index in [1.54, 1.807) is 6.20 Å². The third-order valence-corrected chi connectivity index (χ3v) is 4.06. The Morgan fingerprint density at radius 2 is 1.71 bits per heavy atom. The number of nitrogens with one attached hydrogen (secondary N) is 1. The summed E-state index contributed by atoms with van der Waals surface area (Å²) < 4.78 is 5.69. The lowest BCUT2D eigenvalue weighted by Gasteiger charge is -2.14. The number of pyridine rings is 1. The van der Waals surface area contributed by atoms with Crippen molar-refractivity contribution in [3.8, 4) is 5.75 Å². The molecule has 1 N–H and O–H groups in total. The molecule has 0 bridgehead atoms. The predicted octanol–water partition coefficient (Wildman–Crippen LogP) is 5.53. The highest BCUT2D eigenvalue weighted by molar-refractivity contribution is 6.12. The Kier molecular flexibility index (Phi) is 3.75. The van der Waals surface area contributed by atoms with Crippen LogP contribution in [0, 0.1) is 0 Å². The molecule has 0 fully saturated rings. The van der Waals surface area contributed by atoms with Crippen LogP contribution in [0.1, 0.15) is 6.92 Å². The molecule has 118 valence electrons. The van der Waals surface area contributed by atoms with Crippen molar-refractivity contribution in [1.29, 1.82) is 0 Å². The molecule has 1 aromatic heterocycles. The van der Waals surface area contributed by atoms with Crippen LogP contribution in [0.5, 0.6) is 5.75 Å². The fraction of sp³-hybridized carbons (Fsp3) is 0.0952. The van der Waals surface area contributed by atoms with Crippen LogP contribution in [-0.4, -0.2) is 11.6 Å². The average molecular weight is 314 g/mol. The van der Waals surface area contributed by atoms with Crippen LogP contribution in [0.4, 0.5) is 11.5 Å². The van der Waals surface area contributed by atoms with Crippen molar-refractivity contribution >= 4 is 33.1 Å². The van der Waals surface area contributed by atoms with Crippen molar-refractivity contribution in [3.05, 3.63) is 72.9 Å². The molecule has 24 heavy (non-hydrogen) atoms. The van der Waals surface area contributed by atoms with Gasteiger partial charge in [-0.3, -0.25) is 0 Å². The maximum absolute atomic E-state index is 5.69. The van der Waals surface area contributed by atoms with Gasteiger partial charge in [0.1, 0.15) is 11.6 Å². The molecule has 4 rings (SSSR count). The molecule has 3 heteroatoms. The summed E-state index contributed by atoms with van der Waals surface area (Å²) in [5.74, 6) is 1.71. The number of fused-ring (bicyclic) bond motifs is 2. The van der Waals surface area contributed by atoms with Gasteiger partial charge in [0.2, 0.25) is 0 Å². The van der Waals surface area contributed by atoms with Gasteiger partial charge in [0.05, 0.1) is 12.3 Å². The van der Waals surface area contributed by atoms with Gasteiger partial charge in [0.25, 0.3) is 0 Å². The minimum Gasteiger partial charge on any atom is -0.494 e. The fourth-order valence-corrected chi connectivity index (χ4v) is 3.00. The van der Waals surface area contributed by atoms with E-state index < -0.39 is 0 Å². The van der Waals surface area contributed by atoms with Gasteiger partial charge in [0.15, 0.2) is 0 Å². The molecule has 0 aliphatic carbocycles. The van der Waals surface area contributed by atoms with E-state index in [1.807, 2.05) is 31.2 Å². The van der Waals surface area contributed by atoms with Gasteiger partial charge < -0.3 is 10.1 Å².